The molecule has 1 aliphatic heterocycles. The Hall–Kier alpha value is -0.840. The number of esters is 1. The first kappa shape index (κ1) is 27.2. The van der Waals surface area contributed by atoms with E-state index >= 15 is 0 Å². The summed E-state index contributed by atoms with van der Waals surface area (Å²) in [6, 6.07) is -1.74. The van der Waals surface area contributed by atoms with E-state index in [0.29, 0.717) is 19.4 Å². The Balaban J connectivity index is 2.60. The molecule has 1 saturated heterocycles. The molecule has 0 bridgehead atoms. The lowest BCUT2D eigenvalue weighted by atomic mass is 10.1. The van der Waals surface area contributed by atoms with Crippen LogP contribution in [0.25, 0.3) is 0 Å². The number of amides is 2. The van der Waals surface area contributed by atoms with Gasteiger partial charge in [0.05, 0.1) is 11.7 Å². The topological polar surface area (TPSA) is 117 Å². The maximum atomic E-state index is 12.7. The summed E-state index contributed by atoms with van der Waals surface area (Å²) < 4.78 is 8.78. The molecule has 0 radical (unpaired) electrons. The van der Waals surface area contributed by atoms with Gasteiger partial charge >= 0.3 is 5.97 Å². The molecule has 0 aromatic carbocycles. The summed E-state index contributed by atoms with van der Waals surface area (Å²) in [4.78, 5) is 37.1. The molecule has 0 saturated carbocycles. The van der Waals surface area contributed by atoms with E-state index in [0.717, 1.165) is 0 Å². The number of carbonyl (C=O) groups is 3. The molecule has 1 heterocycles. The molecule has 0 unspecified atom stereocenters. The summed E-state index contributed by atoms with van der Waals surface area (Å²) in [5.41, 5.74) is 2.23. The lowest BCUT2D eigenvalue weighted by Crippen LogP contribution is -2.60. The van der Waals surface area contributed by atoms with Gasteiger partial charge in [0.2, 0.25) is 3.79 Å². The van der Waals surface area contributed by atoms with E-state index in [-0.39, 0.29) is 0 Å². The molecular formula is C18H30Cl3N3O6. The number of alkyl halides is 3. The number of hydrazine groups is 1. The van der Waals surface area contributed by atoms with E-state index in [2.05, 4.69) is 10.7 Å². The number of nitrogens with zero attached hydrogens (tertiary/aromatic N) is 1. The van der Waals surface area contributed by atoms with Crippen molar-refractivity contribution in [1.82, 2.24) is 15.8 Å². The highest BCUT2D eigenvalue weighted by Gasteiger charge is 2.34. The molecule has 174 valence electrons. The molecule has 30 heavy (non-hydrogen) atoms. The number of carbonyl (C=O) groups excluding carboxylic acids is 3. The molecule has 9 nitrogen and oxygen atoms in total. The van der Waals surface area contributed by atoms with Crippen molar-refractivity contribution in [1.29, 1.82) is 0 Å². The Kier molecular flexibility index (Phi) is 10.1. The highest BCUT2D eigenvalue weighted by Crippen LogP contribution is 2.26. The maximum Gasteiger partial charge on any atom is 0.325 e. The Morgan fingerprint density at radius 3 is 2.37 bits per heavy atom. The van der Waals surface area contributed by atoms with E-state index in [1.807, 2.05) is 0 Å². The molecule has 4 atom stereocenters. The van der Waals surface area contributed by atoms with Crippen molar-refractivity contribution in [3.63, 3.8) is 0 Å². The zero-order valence-corrected chi connectivity index (χ0v) is 20.0. The van der Waals surface area contributed by atoms with Gasteiger partial charge in [0.1, 0.15) is 18.7 Å². The SMILES string of the molecule is C[C@H](NC(=O)[C@@H](O)[C@@H](C)OC(C)(C)C)C(=O)N1CCC[C@@H](C(=O)OCC(Cl)(Cl)Cl)N1. The molecule has 1 fully saturated rings. The van der Waals surface area contributed by atoms with Crippen molar-refractivity contribution in [2.45, 2.75) is 81.1 Å². The standard InChI is InChI=1S/C18H30Cl3N3O6/c1-10(22-14(26)13(25)11(2)30-17(3,4)5)15(27)24-8-6-7-12(23-24)16(28)29-9-18(19,20)21/h10-13,23,25H,6-9H2,1-5H3,(H,22,26)/t10-,11+,12-,13-/m0/s1. The number of ether oxygens (including phenoxy) is 2. The number of aliphatic hydroxyl groups excluding tert-OH is 1. The van der Waals surface area contributed by atoms with E-state index in [1.165, 1.54) is 11.9 Å². The van der Waals surface area contributed by atoms with E-state index < -0.39 is 58.1 Å². The molecule has 1 rings (SSSR count). The Morgan fingerprint density at radius 2 is 1.83 bits per heavy atom. The second-order valence-electron chi connectivity index (χ2n) is 8.15. The summed E-state index contributed by atoms with van der Waals surface area (Å²) in [6.45, 7) is 8.38. The Bertz CT molecular complexity index is 623. The molecule has 1 aliphatic rings. The summed E-state index contributed by atoms with van der Waals surface area (Å²) in [7, 11) is 0. The van der Waals surface area contributed by atoms with Gasteiger partial charge in [-0.25, -0.2) is 5.43 Å². The van der Waals surface area contributed by atoms with Crippen LogP contribution in [0, 0.1) is 0 Å². The van der Waals surface area contributed by atoms with Crippen molar-refractivity contribution in [3.8, 4) is 0 Å². The lowest BCUT2D eigenvalue weighted by molar-refractivity contribution is -0.154. The second-order valence-corrected chi connectivity index (χ2v) is 10.7. The first-order chi connectivity index (χ1) is 13.6. The molecular weight excluding hydrogens is 461 g/mol. The minimum absolute atomic E-state index is 0.333. The number of nitrogens with one attached hydrogen (secondary N) is 2. The predicted octanol–water partition coefficient (Wildman–Crippen LogP) is 1.46. The summed E-state index contributed by atoms with van der Waals surface area (Å²) in [5, 5.41) is 13.9. The molecule has 12 heteroatoms. The number of rotatable bonds is 7. The smallest absolute Gasteiger partial charge is 0.325 e. The minimum atomic E-state index is -1.73. The third-order valence-electron chi connectivity index (χ3n) is 4.10. The van der Waals surface area contributed by atoms with Crippen LogP contribution in [0.3, 0.4) is 0 Å². The summed E-state index contributed by atoms with van der Waals surface area (Å²) in [6.07, 6.45) is -1.24. The summed E-state index contributed by atoms with van der Waals surface area (Å²) >= 11 is 16.7. The number of halogens is 3. The molecule has 0 spiro atoms. The van der Waals surface area contributed by atoms with Gasteiger partial charge in [-0.05, 0) is 47.5 Å². The van der Waals surface area contributed by atoms with Crippen LogP contribution in [0.1, 0.15) is 47.5 Å². The van der Waals surface area contributed by atoms with Gasteiger partial charge in [0.15, 0.2) is 6.10 Å². The number of aliphatic hydroxyl groups is 1. The number of hydrogen-bond acceptors (Lipinski definition) is 7. The first-order valence-electron chi connectivity index (χ1n) is 9.58. The predicted molar refractivity (Wildman–Crippen MR) is 113 cm³/mol. The van der Waals surface area contributed by atoms with Crippen LogP contribution < -0.4 is 10.7 Å². The van der Waals surface area contributed by atoms with Crippen LogP contribution in [-0.2, 0) is 23.9 Å². The average molecular weight is 491 g/mol. The van der Waals surface area contributed by atoms with Crippen LogP contribution in [0.5, 0.6) is 0 Å². The zero-order valence-electron chi connectivity index (χ0n) is 17.7. The van der Waals surface area contributed by atoms with Crippen LogP contribution in [-0.4, -0.2) is 74.7 Å². The van der Waals surface area contributed by atoms with Crippen molar-refractivity contribution in [2.75, 3.05) is 13.2 Å². The Morgan fingerprint density at radius 1 is 1.23 bits per heavy atom. The van der Waals surface area contributed by atoms with Gasteiger partial charge in [-0.3, -0.25) is 19.4 Å². The van der Waals surface area contributed by atoms with Gasteiger partial charge in [-0.1, -0.05) is 34.8 Å². The van der Waals surface area contributed by atoms with Crippen LogP contribution >= 0.6 is 34.8 Å². The van der Waals surface area contributed by atoms with Gasteiger partial charge < -0.3 is 19.9 Å². The van der Waals surface area contributed by atoms with Crippen LogP contribution in [0.4, 0.5) is 0 Å². The fourth-order valence-corrected chi connectivity index (χ4v) is 2.96. The van der Waals surface area contributed by atoms with Crippen molar-refractivity contribution in [3.05, 3.63) is 0 Å². The van der Waals surface area contributed by atoms with Gasteiger partial charge in [0.25, 0.3) is 11.8 Å². The molecule has 2 amide bonds. The average Bonchev–Trinajstić information content (AvgIpc) is 2.62. The van der Waals surface area contributed by atoms with Gasteiger partial charge in [-0.15, -0.1) is 0 Å². The third kappa shape index (κ3) is 9.53. The van der Waals surface area contributed by atoms with Crippen molar-refractivity contribution < 1.29 is 29.0 Å². The lowest BCUT2D eigenvalue weighted by Gasteiger charge is -2.34. The van der Waals surface area contributed by atoms with Crippen molar-refractivity contribution >= 4 is 52.6 Å². The van der Waals surface area contributed by atoms with Gasteiger partial charge in [-0.2, -0.15) is 0 Å². The van der Waals surface area contributed by atoms with Gasteiger partial charge in [0, 0.05) is 6.54 Å². The fourth-order valence-electron chi connectivity index (χ4n) is 2.80. The molecule has 0 aromatic rings. The molecule has 0 aliphatic carbocycles. The highest BCUT2D eigenvalue weighted by atomic mass is 35.6. The van der Waals surface area contributed by atoms with Crippen LogP contribution in [0.2, 0.25) is 0 Å². The van der Waals surface area contributed by atoms with Crippen molar-refractivity contribution in [2.24, 2.45) is 0 Å². The Labute approximate surface area is 191 Å². The number of hydrogen-bond donors (Lipinski definition) is 3. The quantitative estimate of drug-likeness (QED) is 0.365. The summed E-state index contributed by atoms with van der Waals surface area (Å²) in [5.74, 6) is -1.86. The minimum Gasteiger partial charge on any atom is -0.460 e. The van der Waals surface area contributed by atoms with E-state index in [1.54, 1.807) is 27.7 Å². The highest BCUT2D eigenvalue weighted by molar-refractivity contribution is 6.67. The molecule has 0 aromatic heterocycles. The van der Waals surface area contributed by atoms with E-state index in [9.17, 15) is 19.5 Å². The largest absolute Gasteiger partial charge is 0.460 e. The monoisotopic (exact) mass is 489 g/mol. The maximum absolute atomic E-state index is 12.7. The van der Waals surface area contributed by atoms with Crippen LogP contribution in [0.15, 0.2) is 0 Å². The molecule has 3 N–H and O–H groups in total. The first-order valence-corrected chi connectivity index (χ1v) is 10.7. The fraction of sp³-hybridized carbons (Fsp3) is 0.833. The normalized spacial score (nSPS) is 20.8. The zero-order chi connectivity index (χ0) is 23.3. The third-order valence-corrected chi connectivity index (χ3v) is 4.42. The second kappa shape index (κ2) is 11.2. The van der Waals surface area contributed by atoms with E-state index in [4.69, 9.17) is 44.3 Å².